The zero-order valence-corrected chi connectivity index (χ0v) is 14.6. The van der Waals surface area contributed by atoms with Gasteiger partial charge in [-0.1, -0.05) is 22.0 Å². The zero-order valence-electron chi connectivity index (χ0n) is 12.2. The number of nitrogens with one attached hydrogen (secondary N) is 1. The van der Waals surface area contributed by atoms with Crippen LogP contribution in [0.5, 0.6) is 0 Å². The molecule has 1 aromatic rings. The lowest BCUT2D eigenvalue weighted by atomic mass is 10.1. The van der Waals surface area contributed by atoms with Gasteiger partial charge in [-0.25, -0.2) is 13.1 Å². The maximum absolute atomic E-state index is 12.6. The number of hydrogen-bond acceptors (Lipinski definition) is 3. The Kier molecular flexibility index (Phi) is 4.41. The Balaban J connectivity index is 1.67. The van der Waals surface area contributed by atoms with Gasteiger partial charge in [-0.2, -0.15) is 0 Å². The van der Waals surface area contributed by atoms with Crippen LogP contribution in [0.1, 0.15) is 31.2 Å². The molecule has 0 amide bonds. The molecular formula is C15H21BrN2O2S. The fourth-order valence-corrected chi connectivity index (χ4v) is 5.06. The first kappa shape index (κ1) is 15.5. The van der Waals surface area contributed by atoms with Gasteiger partial charge in [0.2, 0.25) is 10.0 Å². The Morgan fingerprint density at radius 2 is 1.86 bits per heavy atom. The second-order valence-corrected chi connectivity index (χ2v) is 8.67. The molecule has 1 aliphatic heterocycles. The molecular weight excluding hydrogens is 352 g/mol. The molecule has 2 fully saturated rings. The summed E-state index contributed by atoms with van der Waals surface area (Å²) in [6.07, 6.45) is 4.44. The first-order valence-corrected chi connectivity index (χ1v) is 9.76. The maximum Gasteiger partial charge on any atom is 0.241 e. The molecule has 0 spiro atoms. The van der Waals surface area contributed by atoms with Gasteiger partial charge in [-0.05, 0) is 63.4 Å². The molecule has 0 aromatic heterocycles. The van der Waals surface area contributed by atoms with Gasteiger partial charge in [0, 0.05) is 16.6 Å². The van der Waals surface area contributed by atoms with Crippen molar-refractivity contribution in [1.82, 2.24) is 9.62 Å². The second kappa shape index (κ2) is 5.99. The molecule has 1 saturated heterocycles. The highest BCUT2D eigenvalue weighted by molar-refractivity contribution is 9.10. The number of halogens is 1. The molecule has 1 aromatic carbocycles. The lowest BCUT2D eigenvalue weighted by Gasteiger charge is -2.32. The van der Waals surface area contributed by atoms with Crippen molar-refractivity contribution in [2.75, 3.05) is 13.1 Å². The minimum absolute atomic E-state index is 0.0587. The van der Waals surface area contributed by atoms with Crippen molar-refractivity contribution < 1.29 is 8.42 Å². The highest BCUT2D eigenvalue weighted by Crippen LogP contribution is 2.29. The third-order valence-electron chi connectivity index (χ3n) is 4.35. The van der Waals surface area contributed by atoms with Gasteiger partial charge in [0.1, 0.15) is 0 Å². The number of benzene rings is 1. The van der Waals surface area contributed by atoms with E-state index in [2.05, 4.69) is 25.6 Å². The van der Waals surface area contributed by atoms with Gasteiger partial charge in [-0.3, -0.25) is 0 Å². The Bertz CT molecular complexity index is 621. The standard InChI is InChI=1S/C15H21BrN2O2S/c1-11-2-3-12(16)10-15(11)21(19,20)17-13-6-8-18(9-7-13)14-4-5-14/h2-3,10,13-14,17H,4-9H2,1H3. The summed E-state index contributed by atoms with van der Waals surface area (Å²) >= 11 is 3.35. The van der Waals surface area contributed by atoms with Crippen molar-refractivity contribution in [3.8, 4) is 0 Å². The normalized spacial score (nSPS) is 21.6. The minimum Gasteiger partial charge on any atom is -0.300 e. The summed E-state index contributed by atoms with van der Waals surface area (Å²) in [5.41, 5.74) is 0.779. The van der Waals surface area contributed by atoms with E-state index >= 15 is 0 Å². The number of hydrogen-bond donors (Lipinski definition) is 1. The third kappa shape index (κ3) is 3.67. The third-order valence-corrected chi connectivity index (χ3v) is 6.51. The van der Waals surface area contributed by atoms with Crippen molar-refractivity contribution in [3.63, 3.8) is 0 Å². The Hall–Kier alpha value is -0.430. The molecule has 1 aliphatic carbocycles. The highest BCUT2D eigenvalue weighted by Gasteiger charge is 2.33. The van der Waals surface area contributed by atoms with E-state index < -0.39 is 10.0 Å². The molecule has 4 nitrogen and oxygen atoms in total. The summed E-state index contributed by atoms with van der Waals surface area (Å²) in [7, 11) is -3.43. The van der Waals surface area contributed by atoms with E-state index in [1.165, 1.54) is 12.8 Å². The molecule has 2 aliphatic rings. The molecule has 1 N–H and O–H groups in total. The Morgan fingerprint density at radius 1 is 1.19 bits per heavy atom. The lowest BCUT2D eigenvalue weighted by Crippen LogP contribution is -2.45. The molecule has 1 saturated carbocycles. The van der Waals surface area contributed by atoms with Crippen LogP contribution < -0.4 is 4.72 Å². The van der Waals surface area contributed by atoms with Crippen LogP contribution >= 0.6 is 15.9 Å². The van der Waals surface area contributed by atoms with Crippen molar-refractivity contribution in [3.05, 3.63) is 28.2 Å². The van der Waals surface area contributed by atoms with E-state index in [9.17, 15) is 8.42 Å². The van der Waals surface area contributed by atoms with Crippen LogP contribution in [0.4, 0.5) is 0 Å². The summed E-state index contributed by atoms with van der Waals surface area (Å²) < 4.78 is 28.8. The summed E-state index contributed by atoms with van der Waals surface area (Å²) in [6, 6.07) is 6.20. The number of likely N-dealkylation sites (tertiary alicyclic amines) is 1. The molecule has 1 heterocycles. The van der Waals surface area contributed by atoms with Crippen molar-refractivity contribution in [2.45, 2.75) is 49.6 Å². The Labute approximate surface area is 135 Å². The number of sulfonamides is 1. The van der Waals surface area contributed by atoms with Gasteiger partial charge in [0.15, 0.2) is 0 Å². The zero-order chi connectivity index (χ0) is 15.0. The van der Waals surface area contributed by atoms with Gasteiger partial charge in [0.25, 0.3) is 0 Å². The van der Waals surface area contributed by atoms with E-state index in [0.717, 1.165) is 42.0 Å². The average Bonchev–Trinajstić information content (AvgIpc) is 3.26. The first-order chi connectivity index (χ1) is 9.95. The number of aryl methyl sites for hydroxylation is 1. The molecule has 116 valence electrons. The lowest BCUT2D eigenvalue weighted by molar-refractivity contribution is 0.199. The topological polar surface area (TPSA) is 49.4 Å². The fraction of sp³-hybridized carbons (Fsp3) is 0.600. The van der Waals surface area contributed by atoms with Crippen LogP contribution in [0.15, 0.2) is 27.6 Å². The van der Waals surface area contributed by atoms with Crippen LogP contribution in [-0.4, -0.2) is 38.5 Å². The van der Waals surface area contributed by atoms with Crippen LogP contribution in [-0.2, 0) is 10.0 Å². The SMILES string of the molecule is Cc1ccc(Br)cc1S(=O)(=O)NC1CCN(C2CC2)CC1. The van der Waals surface area contributed by atoms with Crippen LogP contribution in [0.3, 0.4) is 0 Å². The quantitative estimate of drug-likeness (QED) is 0.883. The predicted molar refractivity (Wildman–Crippen MR) is 86.8 cm³/mol. The Morgan fingerprint density at radius 3 is 2.48 bits per heavy atom. The molecule has 0 atom stereocenters. The summed E-state index contributed by atoms with van der Waals surface area (Å²) in [5, 5.41) is 0. The molecule has 0 radical (unpaired) electrons. The smallest absolute Gasteiger partial charge is 0.241 e. The molecule has 3 rings (SSSR count). The fourth-order valence-electron chi connectivity index (χ4n) is 2.97. The monoisotopic (exact) mass is 372 g/mol. The van der Waals surface area contributed by atoms with Crippen LogP contribution in [0.2, 0.25) is 0 Å². The minimum atomic E-state index is -3.43. The number of piperidine rings is 1. The van der Waals surface area contributed by atoms with E-state index in [-0.39, 0.29) is 6.04 Å². The summed E-state index contributed by atoms with van der Waals surface area (Å²) in [6.45, 7) is 3.85. The van der Waals surface area contributed by atoms with Gasteiger partial charge in [0.05, 0.1) is 4.90 Å². The number of nitrogens with zero attached hydrogens (tertiary/aromatic N) is 1. The van der Waals surface area contributed by atoms with Crippen LogP contribution in [0.25, 0.3) is 0 Å². The molecule has 21 heavy (non-hydrogen) atoms. The van der Waals surface area contributed by atoms with Crippen LogP contribution in [0, 0.1) is 6.92 Å². The molecule has 0 bridgehead atoms. The first-order valence-electron chi connectivity index (χ1n) is 7.48. The van der Waals surface area contributed by atoms with Crippen molar-refractivity contribution in [2.24, 2.45) is 0 Å². The highest BCUT2D eigenvalue weighted by atomic mass is 79.9. The van der Waals surface area contributed by atoms with E-state index in [4.69, 9.17) is 0 Å². The second-order valence-electron chi connectivity index (χ2n) is 6.07. The van der Waals surface area contributed by atoms with Crippen molar-refractivity contribution >= 4 is 26.0 Å². The maximum atomic E-state index is 12.6. The number of rotatable bonds is 4. The average molecular weight is 373 g/mol. The largest absolute Gasteiger partial charge is 0.300 e. The van der Waals surface area contributed by atoms with E-state index in [1.807, 2.05) is 19.1 Å². The van der Waals surface area contributed by atoms with Gasteiger partial charge < -0.3 is 4.90 Å². The summed E-state index contributed by atoms with van der Waals surface area (Å²) in [5.74, 6) is 0. The van der Waals surface area contributed by atoms with Gasteiger partial charge in [-0.15, -0.1) is 0 Å². The molecule has 6 heteroatoms. The summed E-state index contributed by atoms with van der Waals surface area (Å²) in [4.78, 5) is 2.87. The predicted octanol–water partition coefficient (Wildman–Crippen LogP) is 2.66. The van der Waals surface area contributed by atoms with Gasteiger partial charge >= 0.3 is 0 Å². The van der Waals surface area contributed by atoms with E-state index in [0.29, 0.717) is 4.90 Å². The van der Waals surface area contributed by atoms with Crippen molar-refractivity contribution in [1.29, 1.82) is 0 Å². The van der Waals surface area contributed by atoms with E-state index in [1.54, 1.807) is 6.07 Å². The molecule has 0 unspecified atom stereocenters.